The van der Waals surface area contributed by atoms with E-state index in [9.17, 15) is 35.1 Å². The van der Waals surface area contributed by atoms with E-state index in [-0.39, 0.29) is 12.0 Å². The minimum atomic E-state index is -5.83. The number of likely N-dealkylation sites (N-methyl/N-ethyl adjacent to an activating group) is 1. The summed E-state index contributed by atoms with van der Waals surface area (Å²) in [6.07, 6.45) is -5.83. The van der Waals surface area contributed by atoms with Crippen LogP contribution in [-0.4, -0.2) is 60.6 Å². The van der Waals surface area contributed by atoms with Gasteiger partial charge in [0.15, 0.2) is 0 Å². The maximum Gasteiger partial charge on any atom is 0.525 e. The van der Waals surface area contributed by atoms with Crippen LogP contribution in [0.4, 0.5) is 35.1 Å². The third-order valence-corrected chi connectivity index (χ3v) is 3.20. The smallest absolute Gasteiger partial charge is 0.338 e. The van der Waals surface area contributed by atoms with E-state index in [1.165, 1.54) is 14.1 Å². The average Bonchev–Trinajstić information content (AvgIpc) is 2.34. The average molecular weight is 390 g/mol. The summed E-state index contributed by atoms with van der Waals surface area (Å²) >= 11 is -1.78. The number of thioether (sulfide) groups is 1. The molecule has 0 aromatic heterocycles. The number of alkyl halides is 8. The lowest BCUT2D eigenvalue weighted by Gasteiger charge is -2.41. The minimum Gasteiger partial charge on any atom is -0.338 e. The molecule has 1 unspecified atom stereocenters. The predicted octanol–water partition coefficient (Wildman–Crippen LogP) is 3.47. The van der Waals surface area contributed by atoms with Crippen molar-refractivity contribution in [2.45, 2.75) is 30.0 Å². The molecule has 4 nitrogen and oxygen atoms in total. The Bertz CT molecular complexity index is 453. The van der Waals surface area contributed by atoms with Crippen LogP contribution in [0.1, 0.15) is 6.92 Å². The monoisotopic (exact) mass is 390 g/mol. The van der Waals surface area contributed by atoms with Gasteiger partial charge in [0.25, 0.3) is 0 Å². The van der Waals surface area contributed by atoms with Crippen molar-refractivity contribution in [3.05, 3.63) is 0 Å². The number of hydrogen-bond acceptors (Lipinski definition) is 5. The first-order valence-corrected chi connectivity index (χ1v) is 6.85. The van der Waals surface area contributed by atoms with Crippen molar-refractivity contribution in [1.82, 2.24) is 9.80 Å². The van der Waals surface area contributed by atoms with Gasteiger partial charge in [-0.05, 0) is 6.92 Å². The molecule has 0 fully saturated rings. The summed E-state index contributed by atoms with van der Waals surface area (Å²) in [5.74, 6) is 0. The van der Waals surface area contributed by atoms with Crippen molar-refractivity contribution in [2.24, 2.45) is 0 Å². The van der Waals surface area contributed by atoms with E-state index in [2.05, 4.69) is 15.5 Å². The van der Waals surface area contributed by atoms with Gasteiger partial charge in [-0.25, -0.2) is 4.74 Å². The largest absolute Gasteiger partial charge is 0.525 e. The summed E-state index contributed by atoms with van der Waals surface area (Å²) in [5.41, 5.74) is -5.51. The fourth-order valence-electron chi connectivity index (χ4n) is 1.33. The van der Waals surface area contributed by atoms with E-state index in [1.54, 1.807) is 6.04 Å². The normalized spacial score (nSPS) is 15.3. The highest BCUT2D eigenvalue weighted by molar-refractivity contribution is 8.01. The molecule has 0 aromatic rings. The zero-order chi connectivity index (χ0) is 19.4. The highest BCUT2D eigenvalue weighted by Crippen LogP contribution is 2.53. The van der Waals surface area contributed by atoms with Crippen molar-refractivity contribution in [3.63, 3.8) is 0 Å². The number of nitrogens with zero attached hydrogens (tertiary/aromatic N) is 2. The lowest BCUT2D eigenvalue weighted by Crippen LogP contribution is -2.60. The topological polar surface area (TPSA) is 24.9 Å². The molecule has 0 spiro atoms. The van der Waals surface area contributed by atoms with Crippen molar-refractivity contribution >= 4 is 11.8 Å². The molecule has 0 N–H and O–H groups in total. The summed E-state index contributed by atoms with van der Waals surface area (Å²) in [7, 11) is 2.91. The fraction of sp³-hybridized carbons (Fsp3) is 0.818. The molecular formula is C11H14F8N2O2S. The summed E-state index contributed by atoms with van der Waals surface area (Å²) in [5, 5.41) is -4.44. The van der Waals surface area contributed by atoms with Gasteiger partial charge in [0.2, 0.25) is 0 Å². The van der Waals surface area contributed by atoms with Crippen LogP contribution in [0.15, 0.2) is 0 Å². The van der Waals surface area contributed by atoms with Crippen molar-refractivity contribution in [2.75, 3.05) is 27.7 Å². The van der Waals surface area contributed by atoms with Gasteiger partial charge >= 0.3 is 23.0 Å². The van der Waals surface area contributed by atoms with E-state index in [0.717, 1.165) is 11.8 Å². The van der Waals surface area contributed by atoms with E-state index < -0.39 is 41.3 Å². The van der Waals surface area contributed by atoms with Crippen LogP contribution in [0.5, 0.6) is 0 Å². The molecule has 0 bridgehead atoms. The lowest BCUT2D eigenvalue weighted by atomic mass is 10.4. The first kappa shape index (κ1) is 22.9. The third-order valence-electron chi connectivity index (χ3n) is 2.20. The van der Waals surface area contributed by atoms with E-state index in [1.807, 2.05) is 0 Å². The van der Waals surface area contributed by atoms with Crippen LogP contribution in [0, 0.1) is 12.1 Å². The highest BCUT2D eigenvalue weighted by atomic mass is 32.2. The Kier molecular flexibility index (Phi) is 7.47. The molecule has 142 valence electrons. The second-order valence-corrected chi connectivity index (χ2v) is 5.46. The molecule has 13 heteroatoms. The summed E-state index contributed by atoms with van der Waals surface area (Å²) < 4.78 is 111. The molecule has 0 amide bonds. The Hall–Kier alpha value is -1.13. The Morgan fingerprint density at radius 3 is 1.75 bits per heavy atom. The van der Waals surface area contributed by atoms with Crippen LogP contribution in [0.2, 0.25) is 0 Å². The van der Waals surface area contributed by atoms with Crippen LogP contribution in [-0.2, 0) is 9.47 Å². The van der Waals surface area contributed by atoms with Crippen LogP contribution >= 0.6 is 11.8 Å². The van der Waals surface area contributed by atoms with E-state index in [0.29, 0.717) is 0 Å². The molecule has 0 rings (SSSR count). The number of hydrogen-bond donors (Lipinski definition) is 0. The molecule has 0 radical (unpaired) electrons. The molecule has 0 saturated carbocycles. The Morgan fingerprint density at radius 1 is 0.958 bits per heavy atom. The van der Waals surface area contributed by atoms with Gasteiger partial charge in [-0.2, -0.15) is 22.0 Å². The second kappa shape index (κ2) is 7.83. The maximum atomic E-state index is 14.5. The predicted molar refractivity (Wildman–Crippen MR) is 69.3 cm³/mol. The molecule has 0 aliphatic rings. The van der Waals surface area contributed by atoms with E-state index in [4.69, 9.17) is 0 Å². The number of ether oxygens (including phenoxy) is 2. The molecule has 0 aromatic carbocycles. The molecule has 0 heterocycles. The van der Waals surface area contributed by atoms with Gasteiger partial charge in [-0.1, -0.05) is 0 Å². The molecule has 0 aliphatic heterocycles. The van der Waals surface area contributed by atoms with E-state index >= 15 is 0 Å². The van der Waals surface area contributed by atoms with Crippen molar-refractivity contribution in [1.29, 1.82) is 0 Å². The second-order valence-electron chi connectivity index (χ2n) is 4.26. The quantitative estimate of drug-likeness (QED) is 0.227. The molecule has 24 heavy (non-hydrogen) atoms. The van der Waals surface area contributed by atoms with Crippen molar-refractivity contribution in [3.8, 4) is 12.1 Å². The standard InChI is InChI=1S/C11H14F8N2O2S/c1-5-21(7-6-20(2)3)8(12,13)9(22-4,23-10(14,15)16)24-11(17,18)19/h5H2,1-4H3. The van der Waals surface area contributed by atoms with Gasteiger partial charge < -0.3 is 9.64 Å². The summed E-state index contributed by atoms with van der Waals surface area (Å²) in [6.45, 7) is 0.350. The summed E-state index contributed by atoms with van der Waals surface area (Å²) in [4.78, 5) is 0.843. The molecule has 0 saturated heterocycles. The fourth-order valence-corrected chi connectivity index (χ4v) is 2.09. The number of rotatable bonds is 6. The number of methoxy groups -OCH3 is 1. The van der Waals surface area contributed by atoms with Gasteiger partial charge in [-0.15, -0.1) is 13.2 Å². The highest BCUT2D eigenvalue weighted by Gasteiger charge is 2.68. The SMILES string of the molecule is CCN(C#CN(C)C)C(F)(F)C(OC)(OC(F)(F)F)SC(F)(F)F. The van der Waals surface area contributed by atoms with Crippen LogP contribution in [0.25, 0.3) is 0 Å². The van der Waals surface area contributed by atoms with Gasteiger partial charge in [0.05, 0.1) is 0 Å². The Labute approximate surface area is 137 Å². The molecule has 1 atom stereocenters. The Morgan fingerprint density at radius 2 is 1.46 bits per heavy atom. The molecule has 0 aliphatic carbocycles. The summed E-state index contributed by atoms with van der Waals surface area (Å²) in [6, 6.07) is -1.07. The third kappa shape index (κ3) is 6.40. The van der Waals surface area contributed by atoms with Gasteiger partial charge in [-0.3, -0.25) is 4.90 Å². The zero-order valence-corrected chi connectivity index (χ0v) is 13.7. The number of halogens is 8. The van der Waals surface area contributed by atoms with Gasteiger partial charge in [0, 0.05) is 51.6 Å². The zero-order valence-electron chi connectivity index (χ0n) is 12.8. The maximum absolute atomic E-state index is 14.5. The van der Waals surface area contributed by atoms with Crippen LogP contribution < -0.4 is 0 Å². The van der Waals surface area contributed by atoms with Crippen molar-refractivity contribution < 1.29 is 44.6 Å². The first-order chi connectivity index (χ1) is 10.6. The molecular weight excluding hydrogens is 376 g/mol. The van der Waals surface area contributed by atoms with Crippen LogP contribution in [0.3, 0.4) is 0 Å². The lowest BCUT2D eigenvalue weighted by molar-refractivity contribution is -0.435. The Balaban J connectivity index is 6.11. The van der Waals surface area contributed by atoms with Gasteiger partial charge in [0.1, 0.15) is 0 Å². The first-order valence-electron chi connectivity index (χ1n) is 6.03. The minimum absolute atomic E-state index is 0.235.